The van der Waals surface area contributed by atoms with Gasteiger partial charge >= 0.3 is 5.69 Å². The second kappa shape index (κ2) is 7.71. The van der Waals surface area contributed by atoms with Gasteiger partial charge in [-0.1, -0.05) is 30.0 Å². The number of thioether (sulfide) groups is 1. The van der Waals surface area contributed by atoms with E-state index in [4.69, 9.17) is 0 Å². The molecule has 4 aromatic rings. The molecule has 0 saturated heterocycles. The number of nitrogens with one attached hydrogen (secondary N) is 1. The summed E-state index contributed by atoms with van der Waals surface area (Å²) in [6.45, 7) is 3.69. The number of benzene rings is 2. The number of carbonyl (C=O) groups excluding carboxylic acids is 1. The molecule has 152 valence electrons. The Balaban J connectivity index is 1.60. The average molecular weight is 425 g/mol. The molecule has 0 aliphatic rings. The predicted molar refractivity (Wildman–Crippen MR) is 112 cm³/mol. The highest BCUT2D eigenvalue weighted by Crippen LogP contribution is 2.29. The number of aromatic nitrogens is 3. The molecule has 2 heterocycles. The second-order valence-electron chi connectivity index (χ2n) is 6.69. The molecule has 1 atom stereocenters. The Morgan fingerprint density at radius 2 is 2.00 bits per heavy atom. The van der Waals surface area contributed by atoms with Crippen LogP contribution >= 0.6 is 11.8 Å². The van der Waals surface area contributed by atoms with Crippen LogP contribution in [0, 0.1) is 22.9 Å². The standard InChI is InChI=1S/C20H16FN5O3S/c1-11-9-18-23-24-20(25(18)16-6-4-3-5-14(11)16)30-12(2)19(27)22-13-7-8-15(21)17(10-13)26(28)29/h3-10,12H,1-2H3,(H,22,27). The van der Waals surface area contributed by atoms with Crippen LogP contribution < -0.4 is 5.32 Å². The second-order valence-corrected chi connectivity index (χ2v) is 8.00. The first-order valence-electron chi connectivity index (χ1n) is 9.00. The average Bonchev–Trinajstić information content (AvgIpc) is 3.11. The van der Waals surface area contributed by atoms with Gasteiger partial charge in [0.25, 0.3) is 0 Å². The van der Waals surface area contributed by atoms with Crippen LogP contribution in [0.2, 0.25) is 0 Å². The SMILES string of the molecule is Cc1cc2nnc(SC(C)C(=O)Nc3ccc(F)c([N+](=O)[O-])c3)n2c2ccccc12. The maximum absolute atomic E-state index is 13.5. The quantitative estimate of drug-likeness (QED) is 0.290. The van der Waals surface area contributed by atoms with Gasteiger partial charge in [0.1, 0.15) is 0 Å². The van der Waals surface area contributed by atoms with Crippen molar-refractivity contribution in [1.82, 2.24) is 14.6 Å². The van der Waals surface area contributed by atoms with Crippen molar-refractivity contribution in [1.29, 1.82) is 0 Å². The monoisotopic (exact) mass is 425 g/mol. The van der Waals surface area contributed by atoms with E-state index in [0.717, 1.165) is 28.6 Å². The first-order chi connectivity index (χ1) is 14.3. The van der Waals surface area contributed by atoms with Crippen LogP contribution in [0.4, 0.5) is 15.8 Å². The van der Waals surface area contributed by atoms with Crippen molar-refractivity contribution >= 4 is 45.6 Å². The number of fused-ring (bicyclic) bond motifs is 3. The molecule has 1 N–H and O–H groups in total. The van der Waals surface area contributed by atoms with Gasteiger partial charge in [-0.15, -0.1) is 10.2 Å². The fourth-order valence-corrected chi connectivity index (χ4v) is 4.00. The van der Waals surface area contributed by atoms with Crippen LogP contribution in [-0.4, -0.2) is 30.7 Å². The number of rotatable bonds is 5. The third kappa shape index (κ3) is 3.57. The maximum Gasteiger partial charge on any atom is 0.306 e. The first kappa shape index (κ1) is 19.8. The molecule has 1 amide bonds. The lowest BCUT2D eigenvalue weighted by atomic mass is 10.1. The van der Waals surface area contributed by atoms with Crippen LogP contribution in [0.25, 0.3) is 16.6 Å². The van der Waals surface area contributed by atoms with E-state index in [1.807, 2.05) is 41.7 Å². The van der Waals surface area contributed by atoms with E-state index in [1.54, 1.807) is 6.92 Å². The largest absolute Gasteiger partial charge is 0.325 e. The topological polar surface area (TPSA) is 102 Å². The molecule has 0 saturated carbocycles. The molecule has 8 nitrogen and oxygen atoms in total. The van der Waals surface area contributed by atoms with Gasteiger partial charge < -0.3 is 5.32 Å². The minimum absolute atomic E-state index is 0.146. The van der Waals surface area contributed by atoms with Gasteiger partial charge in [0.15, 0.2) is 10.8 Å². The van der Waals surface area contributed by atoms with Crippen molar-refractivity contribution in [2.45, 2.75) is 24.3 Å². The molecule has 10 heteroatoms. The Hall–Kier alpha value is -3.53. The zero-order valence-electron chi connectivity index (χ0n) is 16.0. The Morgan fingerprint density at radius 1 is 1.23 bits per heavy atom. The van der Waals surface area contributed by atoms with Crippen molar-refractivity contribution < 1.29 is 14.1 Å². The molecule has 30 heavy (non-hydrogen) atoms. The summed E-state index contributed by atoms with van der Waals surface area (Å²) in [5.74, 6) is -1.36. The molecular formula is C20H16FN5O3S. The normalized spacial score (nSPS) is 12.2. The van der Waals surface area contributed by atoms with Crippen LogP contribution in [0.1, 0.15) is 12.5 Å². The van der Waals surface area contributed by atoms with Crippen LogP contribution in [0.3, 0.4) is 0 Å². The Morgan fingerprint density at radius 3 is 2.77 bits per heavy atom. The number of carbonyl (C=O) groups is 1. The van der Waals surface area contributed by atoms with Crippen LogP contribution in [0.5, 0.6) is 0 Å². The lowest BCUT2D eigenvalue weighted by Gasteiger charge is -2.12. The first-order valence-corrected chi connectivity index (χ1v) is 9.88. The van der Waals surface area contributed by atoms with Crippen molar-refractivity contribution in [3.63, 3.8) is 0 Å². The van der Waals surface area contributed by atoms with E-state index in [2.05, 4.69) is 15.5 Å². The van der Waals surface area contributed by atoms with Gasteiger partial charge in [-0.3, -0.25) is 19.3 Å². The number of para-hydroxylation sites is 1. The van der Waals surface area contributed by atoms with Crippen molar-refractivity contribution in [2.24, 2.45) is 0 Å². The fourth-order valence-electron chi connectivity index (χ4n) is 3.14. The Kier molecular flexibility index (Phi) is 5.08. The summed E-state index contributed by atoms with van der Waals surface area (Å²) < 4.78 is 15.4. The molecule has 0 fully saturated rings. The highest BCUT2D eigenvalue weighted by atomic mass is 32.2. The predicted octanol–water partition coefficient (Wildman–Crippen LogP) is 4.36. The van der Waals surface area contributed by atoms with E-state index >= 15 is 0 Å². The van der Waals surface area contributed by atoms with Crippen molar-refractivity contribution in [3.05, 3.63) is 70.0 Å². The summed E-state index contributed by atoms with van der Waals surface area (Å²) in [5.41, 5.74) is 2.13. The van der Waals surface area contributed by atoms with Gasteiger partial charge in [0.05, 0.1) is 15.7 Å². The number of pyridine rings is 1. The van der Waals surface area contributed by atoms with E-state index in [1.165, 1.54) is 17.8 Å². The molecule has 0 spiro atoms. The van der Waals surface area contributed by atoms with Gasteiger partial charge in [0.2, 0.25) is 11.7 Å². The minimum Gasteiger partial charge on any atom is -0.325 e. The molecule has 2 aromatic carbocycles. The summed E-state index contributed by atoms with van der Waals surface area (Å²) in [5, 5.41) is 22.9. The summed E-state index contributed by atoms with van der Waals surface area (Å²) in [7, 11) is 0. The van der Waals surface area contributed by atoms with Gasteiger partial charge in [-0.05, 0) is 43.7 Å². The molecule has 1 unspecified atom stereocenters. The zero-order valence-corrected chi connectivity index (χ0v) is 16.8. The van der Waals surface area contributed by atoms with Crippen molar-refractivity contribution in [3.8, 4) is 0 Å². The Bertz CT molecular complexity index is 1310. The van der Waals surface area contributed by atoms with E-state index in [9.17, 15) is 19.3 Å². The number of nitro groups is 1. The van der Waals surface area contributed by atoms with Gasteiger partial charge in [-0.25, -0.2) is 0 Å². The number of aryl methyl sites for hydroxylation is 1. The number of amides is 1. The minimum atomic E-state index is -0.961. The maximum atomic E-state index is 13.5. The summed E-state index contributed by atoms with van der Waals surface area (Å²) in [6.07, 6.45) is 0. The summed E-state index contributed by atoms with van der Waals surface area (Å²) in [6, 6.07) is 13.0. The zero-order chi connectivity index (χ0) is 21.4. The molecule has 0 aliphatic carbocycles. The van der Waals surface area contributed by atoms with E-state index < -0.39 is 27.6 Å². The molecule has 0 bridgehead atoms. The number of anilines is 1. The number of nitrogens with zero attached hydrogens (tertiary/aromatic N) is 4. The van der Waals surface area contributed by atoms with Crippen molar-refractivity contribution in [2.75, 3.05) is 5.32 Å². The molecule has 2 aromatic heterocycles. The third-order valence-electron chi connectivity index (χ3n) is 4.64. The van der Waals surface area contributed by atoms with Gasteiger partial charge in [-0.2, -0.15) is 4.39 Å². The highest BCUT2D eigenvalue weighted by Gasteiger charge is 2.21. The molecule has 4 rings (SSSR count). The molecular weight excluding hydrogens is 409 g/mol. The van der Waals surface area contributed by atoms with Crippen LogP contribution in [-0.2, 0) is 4.79 Å². The third-order valence-corrected chi connectivity index (χ3v) is 5.68. The number of nitro benzene ring substituents is 1. The number of halogens is 1. The summed E-state index contributed by atoms with van der Waals surface area (Å²) >= 11 is 1.21. The summed E-state index contributed by atoms with van der Waals surface area (Å²) in [4.78, 5) is 22.7. The molecule has 0 radical (unpaired) electrons. The highest BCUT2D eigenvalue weighted by molar-refractivity contribution is 8.00. The van der Waals surface area contributed by atoms with E-state index in [-0.39, 0.29) is 5.69 Å². The van der Waals surface area contributed by atoms with Crippen LogP contribution in [0.15, 0.2) is 53.7 Å². The molecule has 0 aliphatic heterocycles. The fraction of sp³-hybridized carbons (Fsp3) is 0.150. The van der Waals surface area contributed by atoms with Gasteiger partial charge in [0, 0.05) is 17.1 Å². The number of hydrogen-bond donors (Lipinski definition) is 1. The smallest absolute Gasteiger partial charge is 0.306 e. The number of hydrogen-bond acceptors (Lipinski definition) is 6. The lowest BCUT2D eigenvalue weighted by Crippen LogP contribution is -2.22. The Labute approximate surface area is 174 Å². The lowest BCUT2D eigenvalue weighted by molar-refractivity contribution is -0.387. The van der Waals surface area contributed by atoms with E-state index in [0.29, 0.717) is 10.8 Å².